The number of nitrogens with zero attached hydrogens (tertiary/aromatic N) is 4. The first-order valence-electron chi connectivity index (χ1n) is 11.2. The number of fused-ring (bicyclic) bond motifs is 1. The van der Waals surface area contributed by atoms with Gasteiger partial charge < -0.3 is 15.1 Å². The number of urea groups is 1. The first kappa shape index (κ1) is 24.4. The van der Waals surface area contributed by atoms with Gasteiger partial charge in [0.1, 0.15) is 12.2 Å². The largest absolute Gasteiger partial charge is 0.337 e. The van der Waals surface area contributed by atoms with Gasteiger partial charge in [-0.15, -0.1) is 0 Å². The summed E-state index contributed by atoms with van der Waals surface area (Å²) in [6.07, 6.45) is 2.96. The van der Waals surface area contributed by atoms with E-state index in [0.29, 0.717) is 32.0 Å². The molecule has 32 heavy (non-hydrogen) atoms. The van der Waals surface area contributed by atoms with E-state index < -0.39 is 12.2 Å². The second-order valence-electron chi connectivity index (χ2n) is 8.85. The molecule has 1 aromatic rings. The van der Waals surface area contributed by atoms with Crippen LogP contribution in [0.4, 0.5) is 4.79 Å². The van der Waals surface area contributed by atoms with Crippen LogP contribution in [0.2, 0.25) is 0 Å². The van der Waals surface area contributed by atoms with Crippen molar-refractivity contribution in [3.63, 3.8) is 0 Å². The number of piperazine rings is 1. The predicted molar refractivity (Wildman–Crippen MR) is 127 cm³/mol. The number of amides is 4. The smallest absolute Gasteiger partial charge is 0.334 e. The van der Waals surface area contributed by atoms with E-state index >= 15 is 0 Å². The molecule has 2 heterocycles. The van der Waals surface area contributed by atoms with Crippen molar-refractivity contribution < 1.29 is 14.4 Å². The Hall–Kier alpha value is -2.26. The van der Waals surface area contributed by atoms with Gasteiger partial charge in [-0.3, -0.25) is 9.59 Å². The van der Waals surface area contributed by atoms with Crippen LogP contribution < -0.4 is 5.32 Å². The summed E-state index contributed by atoms with van der Waals surface area (Å²) < 4.78 is 0. The molecule has 2 saturated heterocycles. The van der Waals surface area contributed by atoms with Gasteiger partial charge in [0.2, 0.25) is 11.8 Å². The molecule has 3 rings (SSSR count). The lowest BCUT2D eigenvalue weighted by Crippen LogP contribution is -2.76. The fraction of sp³-hybridized carbons (Fsp3) is 0.609. The number of likely N-dealkylation sites (N-methyl/N-ethyl adjacent to an activating group) is 1. The van der Waals surface area contributed by atoms with Crippen LogP contribution in [0.1, 0.15) is 32.3 Å². The number of rotatable bonds is 8. The third kappa shape index (κ3) is 5.56. The highest BCUT2D eigenvalue weighted by Gasteiger charge is 2.50. The zero-order chi connectivity index (χ0) is 23.3. The summed E-state index contributed by atoms with van der Waals surface area (Å²) in [6.45, 7) is 5.70. The highest BCUT2D eigenvalue weighted by Crippen LogP contribution is 2.28. The van der Waals surface area contributed by atoms with Crippen LogP contribution in [0.3, 0.4) is 0 Å². The van der Waals surface area contributed by atoms with Crippen molar-refractivity contribution in [3.8, 4) is 0 Å². The molecule has 2 aliphatic heterocycles. The Morgan fingerprint density at radius 3 is 2.59 bits per heavy atom. The Kier molecular flexibility index (Phi) is 8.42. The number of thioether (sulfide) groups is 1. The van der Waals surface area contributed by atoms with E-state index in [-0.39, 0.29) is 24.4 Å². The molecular formula is C23H35N5O3S. The van der Waals surface area contributed by atoms with E-state index in [9.17, 15) is 14.4 Å². The lowest BCUT2D eigenvalue weighted by atomic mass is 10.0. The molecule has 8 nitrogen and oxygen atoms in total. The fourth-order valence-electron chi connectivity index (χ4n) is 4.28. The van der Waals surface area contributed by atoms with Crippen molar-refractivity contribution in [2.75, 3.05) is 38.7 Å². The van der Waals surface area contributed by atoms with Crippen molar-refractivity contribution in [2.24, 2.45) is 5.92 Å². The average Bonchev–Trinajstić information content (AvgIpc) is 2.76. The average molecular weight is 462 g/mol. The van der Waals surface area contributed by atoms with E-state index in [2.05, 4.69) is 19.2 Å². The second kappa shape index (κ2) is 11.0. The molecule has 1 aromatic carbocycles. The van der Waals surface area contributed by atoms with Gasteiger partial charge in [0, 0.05) is 20.1 Å². The third-order valence-corrected chi connectivity index (χ3v) is 6.65. The maximum absolute atomic E-state index is 13.3. The van der Waals surface area contributed by atoms with Crippen LogP contribution in [-0.2, 0) is 16.1 Å². The Morgan fingerprint density at radius 2 is 1.94 bits per heavy atom. The van der Waals surface area contributed by atoms with Gasteiger partial charge in [-0.2, -0.15) is 11.8 Å². The van der Waals surface area contributed by atoms with Crippen molar-refractivity contribution >= 4 is 29.6 Å². The van der Waals surface area contributed by atoms with Crippen molar-refractivity contribution in [1.82, 2.24) is 25.1 Å². The predicted octanol–water partition coefficient (Wildman–Crippen LogP) is 2.22. The lowest BCUT2D eigenvalue weighted by molar-refractivity contribution is -0.187. The van der Waals surface area contributed by atoms with Gasteiger partial charge in [-0.1, -0.05) is 44.2 Å². The lowest BCUT2D eigenvalue weighted by Gasteiger charge is -2.54. The molecule has 0 radical (unpaired) electrons. The van der Waals surface area contributed by atoms with E-state index in [1.54, 1.807) is 33.7 Å². The monoisotopic (exact) mass is 461 g/mol. The van der Waals surface area contributed by atoms with E-state index in [4.69, 9.17) is 0 Å². The number of nitrogens with one attached hydrogen (secondary N) is 1. The van der Waals surface area contributed by atoms with Gasteiger partial charge >= 0.3 is 6.03 Å². The molecule has 0 aliphatic carbocycles. The minimum atomic E-state index is -0.529. The third-order valence-electron chi connectivity index (χ3n) is 6.01. The topological polar surface area (TPSA) is 76.2 Å². The molecular weight excluding hydrogens is 426 g/mol. The van der Waals surface area contributed by atoms with Crippen LogP contribution in [0.15, 0.2) is 30.3 Å². The minimum absolute atomic E-state index is 0.00139. The van der Waals surface area contributed by atoms with Crippen molar-refractivity contribution in [1.29, 1.82) is 0 Å². The normalized spacial score (nSPS) is 21.8. The van der Waals surface area contributed by atoms with Crippen LogP contribution in [0.25, 0.3) is 0 Å². The molecule has 0 bridgehead atoms. The van der Waals surface area contributed by atoms with Crippen molar-refractivity contribution in [2.45, 2.75) is 45.4 Å². The SMILES string of the molecule is CSCC[C@H]1C(=O)N(CCC(C)C)C[C@H]2N1C(=O)CN(C)N2C(=O)NCc1ccccc1. The van der Waals surface area contributed by atoms with E-state index in [1.807, 2.05) is 41.5 Å². The fourth-order valence-corrected chi connectivity index (χ4v) is 4.74. The Balaban J connectivity index is 1.83. The number of hydrogen-bond donors (Lipinski definition) is 1. The van der Waals surface area contributed by atoms with Gasteiger partial charge in [0.05, 0.1) is 13.1 Å². The molecule has 0 aromatic heterocycles. The highest BCUT2D eigenvalue weighted by molar-refractivity contribution is 7.98. The first-order chi connectivity index (χ1) is 15.3. The number of hydrazine groups is 1. The van der Waals surface area contributed by atoms with Gasteiger partial charge in [0.15, 0.2) is 0 Å². The molecule has 0 saturated carbocycles. The van der Waals surface area contributed by atoms with E-state index in [1.165, 1.54) is 0 Å². The molecule has 2 aliphatic rings. The number of carbonyl (C=O) groups is 3. The molecule has 0 spiro atoms. The summed E-state index contributed by atoms with van der Waals surface area (Å²) in [5.41, 5.74) is 1.00. The number of benzene rings is 1. The quantitative estimate of drug-likeness (QED) is 0.643. The summed E-state index contributed by atoms with van der Waals surface area (Å²) in [7, 11) is 1.75. The Morgan fingerprint density at radius 1 is 1.22 bits per heavy atom. The van der Waals surface area contributed by atoms with Crippen LogP contribution >= 0.6 is 11.8 Å². The summed E-state index contributed by atoms with van der Waals surface area (Å²) in [4.78, 5) is 43.1. The summed E-state index contributed by atoms with van der Waals surface area (Å²) >= 11 is 1.66. The van der Waals surface area contributed by atoms with Gasteiger partial charge in [-0.25, -0.2) is 14.8 Å². The van der Waals surface area contributed by atoms with Crippen LogP contribution in [0, 0.1) is 5.92 Å². The summed E-state index contributed by atoms with van der Waals surface area (Å²) in [5, 5.41) is 6.27. The zero-order valence-electron chi connectivity index (χ0n) is 19.5. The zero-order valence-corrected chi connectivity index (χ0v) is 20.3. The molecule has 4 amide bonds. The molecule has 1 N–H and O–H groups in total. The highest BCUT2D eigenvalue weighted by atomic mass is 32.2. The first-order valence-corrected chi connectivity index (χ1v) is 12.6. The van der Waals surface area contributed by atoms with Crippen LogP contribution in [-0.4, -0.2) is 88.6 Å². The number of carbonyl (C=O) groups excluding carboxylic acids is 3. The van der Waals surface area contributed by atoms with Crippen molar-refractivity contribution in [3.05, 3.63) is 35.9 Å². The second-order valence-corrected chi connectivity index (χ2v) is 9.84. The summed E-state index contributed by atoms with van der Waals surface area (Å²) in [5.74, 6) is 1.14. The summed E-state index contributed by atoms with van der Waals surface area (Å²) in [6, 6.07) is 8.93. The maximum atomic E-state index is 13.3. The Bertz CT molecular complexity index is 806. The standard InChI is InChI=1S/C23H35N5O3S/c1-17(2)10-12-26-15-20-27(19(22(26)30)11-13-32-4)21(29)16-25(3)28(20)23(31)24-14-18-8-6-5-7-9-18/h5-9,17,19-20H,10-16H2,1-4H3,(H,24,31)/t19-,20-/m0/s1. The molecule has 2 atom stereocenters. The van der Waals surface area contributed by atoms with E-state index in [0.717, 1.165) is 17.7 Å². The van der Waals surface area contributed by atoms with Gasteiger partial charge in [-0.05, 0) is 36.3 Å². The number of hydrogen-bond acceptors (Lipinski definition) is 5. The molecule has 2 fully saturated rings. The molecule has 0 unspecified atom stereocenters. The van der Waals surface area contributed by atoms with Crippen LogP contribution in [0.5, 0.6) is 0 Å². The molecule has 9 heteroatoms. The molecule has 176 valence electrons. The Labute approximate surface area is 195 Å². The van der Waals surface area contributed by atoms with Gasteiger partial charge in [0.25, 0.3) is 0 Å². The maximum Gasteiger partial charge on any atom is 0.334 e. The minimum Gasteiger partial charge on any atom is -0.337 e.